The number of nitrogens with zero attached hydrogens (tertiary/aromatic N) is 9. The van der Waals surface area contributed by atoms with E-state index in [1.807, 2.05) is 17.5 Å². The van der Waals surface area contributed by atoms with Gasteiger partial charge in [-0.05, 0) is 113 Å². The van der Waals surface area contributed by atoms with Gasteiger partial charge >= 0.3 is 11.4 Å². The maximum atomic E-state index is 16.1. The molecule has 0 bridgehead atoms. The first kappa shape index (κ1) is 40.9. The number of halogens is 2. The van der Waals surface area contributed by atoms with Crippen LogP contribution in [-0.2, 0) is 23.6 Å². The van der Waals surface area contributed by atoms with Gasteiger partial charge in [-0.2, -0.15) is 10.2 Å². The molecular formula is C48H48F2N10O5. The number of imidazole rings is 1. The minimum atomic E-state index is -0.795. The molecule has 65 heavy (non-hydrogen) atoms. The summed E-state index contributed by atoms with van der Waals surface area (Å²) in [6, 6.07) is 10.2. The molecule has 0 unspecified atom stereocenters. The molecule has 2 aromatic carbocycles. The van der Waals surface area contributed by atoms with Crippen molar-refractivity contribution < 1.29 is 22.8 Å². The first-order valence-corrected chi connectivity index (χ1v) is 22.0. The number of H-pyrrole nitrogens is 1. The average Bonchev–Trinajstić information content (AvgIpc) is 3.90. The predicted molar refractivity (Wildman–Crippen MR) is 236 cm³/mol. The molecule has 0 radical (unpaired) electrons. The Hall–Kier alpha value is -6.88. The lowest BCUT2D eigenvalue weighted by atomic mass is 9.84. The molecule has 4 atom stereocenters. The number of ether oxygens (including phenoxy) is 1. The van der Waals surface area contributed by atoms with Gasteiger partial charge in [0.2, 0.25) is 0 Å². The van der Waals surface area contributed by atoms with Crippen LogP contribution in [0.1, 0.15) is 109 Å². The number of amides is 1. The Bertz CT molecular complexity index is 3380. The molecule has 1 saturated heterocycles. The van der Waals surface area contributed by atoms with Crippen molar-refractivity contribution in [1.82, 2.24) is 48.1 Å². The van der Waals surface area contributed by atoms with E-state index in [0.29, 0.717) is 76.8 Å². The van der Waals surface area contributed by atoms with Crippen LogP contribution in [0.5, 0.6) is 0 Å². The normalized spacial score (nSPS) is 21.7. The Morgan fingerprint density at radius 3 is 2.40 bits per heavy atom. The fourth-order valence-corrected chi connectivity index (χ4v) is 10.9. The molecule has 2 fully saturated rings. The van der Waals surface area contributed by atoms with E-state index in [-0.39, 0.29) is 40.2 Å². The minimum absolute atomic E-state index is 0.0226. The zero-order valence-electron chi connectivity index (χ0n) is 37.1. The van der Waals surface area contributed by atoms with Gasteiger partial charge in [0.1, 0.15) is 11.6 Å². The Labute approximate surface area is 370 Å². The molecule has 1 saturated carbocycles. The van der Waals surface area contributed by atoms with E-state index in [1.165, 1.54) is 21.5 Å². The number of fused-ring (bicyclic) bond motifs is 3. The number of pyridine rings is 1. The number of rotatable bonds is 7. The number of hydrogen-bond acceptors (Lipinski definition) is 8. The third-order valence-corrected chi connectivity index (χ3v) is 14.3. The van der Waals surface area contributed by atoms with Crippen molar-refractivity contribution in [2.24, 2.45) is 13.0 Å². The summed E-state index contributed by atoms with van der Waals surface area (Å²) in [5.41, 5.74) is 4.76. The minimum Gasteiger partial charge on any atom is -0.376 e. The van der Waals surface area contributed by atoms with Gasteiger partial charge in [0.15, 0.2) is 11.6 Å². The molecule has 17 heteroatoms. The Morgan fingerprint density at radius 2 is 1.69 bits per heavy atom. The van der Waals surface area contributed by atoms with Crippen LogP contribution in [0.3, 0.4) is 0 Å². The monoisotopic (exact) mass is 882 g/mol. The first-order valence-electron chi connectivity index (χ1n) is 22.0. The Balaban J connectivity index is 1.06. The molecular weight excluding hydrogens is 835 g/mol. The average molecular weight is 883 g/mol. The van der Waals surface area contributed by atoms with Gasteiger partial charge in [-0.15, -0.1) is 0 Å². The lowest BCUT2D eigenvalue weighted by Crippen LogP contribution is -2.40. The van der Waals surface area contributed by atoms with E-state index in [4.69, 9.17) is 14.4 Å². The van der Waals surface area contributed by atoms with E-state index >= 15 is 13.6 Å². The summed E-state index contributed by atoms with van der Waals surface area (Å²) in [5, 5.41) is 13.7. The number of aromatic amines is 1. The molecule has 11 rings (SSSR count). The highest BCUT2D eigenvalue weighted by atomic mass is 19.1. The van der Waals surface area contributed by atoms with Crippen LogP contribution in [0, 0.1) is 31.4 Å². The number of aromatic nitrogens is 9. The summed E-state index contributed by atoms with van der Waals surface area (Å²) in [6.45, 7) is 12.5. The molecule has 15 nitrogen and oxygen atoms in total. The van der Waals surface area contributed by atoms with Gasteiger partial charge in [0.25, 0.3) is 5.91 Å². The van der Waals surface area contributed by atoms with Crippen molar-refractivity contribution in [3.63, 3.8) is 0 Å². The van der Waals surface area contributed by atoms with Crippen LogP contribution in [0.15, 0.2) is 81.5 Å². The third-order valence-electron chi connectivity index (χ3n) is 14.3. The highest BCUT2D eigenvalue weighted by Crippen LogP contribution is 2.60. The summed E-state index contributed by atoms with van der Waals surface area (Å²) in [6.07, 6.45) is 11.2. The summed E-state index contributed by atoms with van der Waals surface area (Å²) in [5.74, 6) is -0.864. The second-order valence-corrected chi connectivity index (χ2v) is 18.8. The maximum Gasteiger partial charge on any atom is 0.438 e. The fourth-order valence-electron chi connectivity index (χ4n) is 10.9. The molecule has 8 heterocycles. The summed E-state index contributed by atoms with van der Waals surface area (Å²) in [7, 11) is 1.72. The highest BCUT2D eigenvalue weighted by Gasteiger charge is 2.59. The number of aryl methyl sites for hydroxylation is 3. The van der Waals surface area contributed by atoms with Gasteiger partial charge in [-0.3, -0.25) is 28.1 Å². The molecule has 3 aliphatic rings. The van der Waals surface area contributed by atoms with E-state index < -0.39 is 28.7 Å². The molecule has 1 N–H and O–H groups in total. The van der Waals surface area contributed by atoms with Gasteiger partial charge < -0.3 is 14.0 Å². The fraction of sp³-hybridized carbons (Fsp3) is 0.375. The Morgan fingerprint density at radius 1 is 0.954 bits per heavy atom. The van der Waals surface area contributed by atoms with Crippen molar-refractivity contribution in [3.8, 4) is 17.2 Å². The lowest BCUT2D eigenvalue weighted by molar-refractivity contribution is -0.0593. The van der Waals surface area contributed by atoms with Gasteiger partial charge in [-0.25, -0.2) is 23.1 Å². The van der Waals surface area contributed by atoms with E-state index in [0.717, 1.165) is 29.5 Å². The van der Waals surface area contributed by atoms with Crippen LogP contribution < -0.4 is 11.4 Å². The molecule has 1 amide bonds. The third kappa shape index (κ3) is 6.14. The second kappa shape index (κ2) is 14.3. The SMILES string of the molecule is Cc1cc(-n2nc3c(c2-n2ccn(-c4ccc5c(cnn5C)c4F)c2=O)[C@H](C)N(C(=O)c2cn4cc([C@H]5CCOC(C)(C)C5)ccc4c2[C@]2(c4noc(=O)[nH]4)C[C@@H]2C)CC3)cc(C)c1F. The quantitative estimate of drug-likeness (QED) is 0.175. The van der Waals surface area contributed by atoms with Crippen LogP contribution >= 0.6 is 0 Å². The van der Waals surface area contributed by atoms with Crippen molar-refractivity contribution in [2.45, 2.75) is 90.2 Å². The largest absolute Gasteiger partial charge is 0.438 e. The zero-order valence-corrected chi connectivity index (χ0v) is 37.1. The second-order valence-electron chi connectivity index (χ2n) is 18.8. The Kier molecular flexibility index (Phi) is 9.00. The molecule has 2 aliphatic heterocycles. The predicted octanol–water partition coefficient (Wildman–Crippen LogP) is 7.28. The summed E-state index contributed by atoms with van der Waals surface area (Å²) >= 11 is 0. The van der Waals surface area contributed by atoms with Crippen molar-refractivity contribution in [2.75, 3.05) is 13.2 Å². The van der Waals surface area contributed by atoms with Crippen molar-refractivity contribution >= 4 is 22.3 Å². The van der Waals surface area contributed by atoms with Gasteiger partial charge in [0, 0.05) is 62.5 Å². The zero-order chi connectivity index (χ0) is 45.4. The van der Waals surface area contributed by atoms with Gasteiger partial charge in [-0.1, -0.05) is 18.1 Å². The number of carbonyl (C=O) groups is 1. The standard InChI is InChI=1S/C48H48F2N10O5/c1-25-18-31(19-26(2)40(25)49)60-42(59-16-15-58(46(59)63)37-11-10-35-32(41(37)50)22-51-55(35)7)38-28(4)57(14-12-34(38)53-60)43(61)33-24-56-23-30(29-13-17-64-47(5,6)21-29)8-9-36(56)39(33)48(20-27(48)3)44-52-45(62)65-54-44/h8-11,15-16,18-19,22-24,27-29H,12-14,17,20-21H2,1-7H3,(H,52,54,62)/t27-,28-,29-,48-/m0/s1. The van der Waals surface area contributed by atoms with Gasteiger partial charge in [0.05, 0.1) is 62.3 Å². The van der Waals surface area contributed by atoms with Crippen molar-refractivity contribution in [1.29, 1.82) is 0 Å². The molecule has 0 spiro atoms. The van der Waals surface area contributed by atoms with E-state index in [9.17, 15) is 9.59 Å². The first-order chi connectivity index (χ1) is 31.1. The topological polar surface area (TPSA) is 155 Å². The number of nitrogens with one attached hydrogen (secondary N) is 1. The maximum absolute atomic E-state index is 16.1. The highest BCUT2D eigenvalue weighted by molar-refractivity contribution is 5.99. The van der Waals surface area contributed by atoms with E-state index in [2.05, 4.69) is 54.3 Å². The van der Waals surface area contributed by atoms with Crippen LogP contribution in [0.4, 0.5) is 8.78 Å². The van der Waals surface area contributed by atoms with Crippen LogP contribution in [0.2, 0.25) is 0 Å². The van der Waals surface area contributed by atoms with Crippen molar-refractivity contribution in [3.05, 3.63) is 145 Å². The smallest absolute Gasteiger partial charge is 0.376 e. The number of benzene rings is 2. The molecule has 6 aromatic heterocycles. The molecule has 334 valence electrons. The number of carbonyl (C=O) groups excluding carboxylic acids is 1. The summed E-state index contributed by atoms with van der Waals surface area (Å²) < 4.78 is 50.2. The molecule has 1 aliphatic carbocycles. The number of hydrogen-bond donors (Lipinski definition) is 1. The van der Waals surface area contributed by atoms with E-state index in [1.54, 1.807) is 65.6 Å². The lowest BCUT2D eigenvalue weighted by Gasteiger charge is -2.35. The summed E-state index contributed by atoms with van der Waals surface area (Å²) in [4.78, 5) is 47.3. The van der Waals surface area contributed by atoms with Crippen LogP contribution in [-0.4, -0.2) is 72.8 Å². The van der Waals surface area contributed by atoms with Crippen LogP contribution in [0.25, 0.3) is 33.6 Å². The molecule has 8 aromatic rings.